The van der Waals surface area contributed by atoms with Gasteiger partial charge in [0.15, 0.2) is 0 Å². The molecule has 130 valence electrons. The lowest BCUT2D eigenvalue weighted by atomic mass is 9.84. The van der Waals surface area contributed by atoms with Crippen molar-refractivity contribution < 1.29 is 14.7 Å². The highest BCUT2D eigenvalue weighted by atomic mass is 16.4. The second-order valence-corrected chi connectivity index (χ2v) is 6.54. The van der Waals surface area contributed by atoms with Gasteiger partial charge >= 0.3 is 5.97 Å². The van der Waals surface area contributed by atoms with Gasteiger partial charge in [-0.05, 0) is 37.0 Å². The highest BCUT2D eigenvalue weighted by molar-refractivity contribution is 5.81. The van der Waals surface area contributed by atoms with E-state index < -0.39 is 17.9 Å². The molecule has 1 N–H and O–H groups in total. The summed E-state index contributed by atoms with van der Waals surface area (Å²) in [7, 11) is 0. The summed E-state index contributed by atoms with van der Waals surface area (Å²) in [6, 6.07) is 11.2. The van der Waals surface area contributed by atoms with Crippen molar-refractivity contribution in [3.8, 4) is 0 Å². The number of nitrogens with zero attached hydrogens (tertiary/aromatic N) is 2. The van der Waals surface area contributed by atoms with Crippen molar-refractivity contribution in [3.63, 3.8) is 0 Å². The van der Waals surface area contributed by atoms with Crippen molar-refractivity contribution in [2.75, 3.05) is 6.54 Å². The topological polar surface area (TPSA) is 70.5 Å². The molecule has 2 aromatic rings. The van der Waals surface area contributed by atoms with Gasteiger partial charge in [-0.25, -0.2) is 0 Å². The van der Waals surface area contributed by atoms with E-state index >= 15 is 0 Å². The fourth-order valence-corrected chi connectivity index (χ4v) is 3.45. The van der Waals surface area contributed by atoms with E-state index in [1.165, 1.54) is 0 Å². The van der Waals surface area contributed by atoms with Crippen molar-refractivity contribution in [1.29, 1.82) is 0 Å². The van der Waals surface area contributed by atoms with E-state index in [0.717, 1.165) is 16.7 Å². The summed E-state index contributed by atoms with van der Waals surface area (Å²) in [6.07, 6.45) is 4.83. The monoisotopic (exact) mass is 338 g/mol. The number of aliphatic carboxylic acids is 1. The number of benzene rings is 1. The molecule has 0 saturated carbocycles. The fraction of sp³-hybridized carbons (Fsp3) is 0.350. The minimum absolute atomic E-state index is 0.0203. The van der Waals surface area contributed by atoms with Gasteiger partial charge in [-0.2, -0.15) is 0 Å². The number of carbonyl (C=O) groups is 2. The third-order valence-corrected chi connectivity index (χ3v) is 4.81. The summed E-state index contributed by atoms with van der Waals surface area (Å²) < 4.78 is 0. The van der Waals surface area contributed by atoms with Gasteiger partial charge in [-0.1, -0.05) is 35.9 Å². The molecule has 1 aliphatic rings. The van der Waals surface area contributed by atoms with E-state index in [-0.39, 0.29) is 12.3 Å². The number of pyridine rings is 1. The summed E-state index contributed by atoms with van der Waals surface area (Å²) in [6.45, 7) is 2.48. The summed E-state index contributed by atoms with van der Waals surface area (Å²) in [5, 5.41) is 9.67. The average Bonchev–Trinajstić information content (AvgIpc) is 2.62. The second-order valence-electron chi connectivity index (χ2n) is 6.54. The molecule has 0 bridgehead atoms. The maximum absolute atomic E-state index is 12.6. The van der Waals surface area contributed by atoms with Gasteiger partial charge in [0.25, 0.3) is 0 Å². The summed E-state index contributed by atoms with van der Waals surface area (Å²) >= 11 is 0. The quantitative estimate of drug-likeness (QED) is 0.910. The van der Waals surface area contributed by atoms with Crippen LogP contribution < -0.4 is 0 Å². The predicted octanol–water partition coefficient (Wildman–Crippen LogP) is 3.00. The first-order valence-corrected chi connectivity index (χ1v) is 8.54. The highest BCUT2D eigenvalue weighted by Crippen LogP contribution is 2.37. The molecule has 0 aliphatic carbocycles. The van der Waals surface area contributed by atoms with Crippen LogP contribution in [-0.2, 0) is 16.0 Å². The van der Waals surface area contributed by atoms with Gasteiger partial charge in [0.05, 0.1) is 12.0 Å². The van der Waals surface area contributed by atoms with Crippen molar-refractivity contribution in [1.82, 2.24) is 9.88 Å². The third-order valence-electron chi connectivity index (χ3n) is 4.81. The highest BCUT2D eigenvalue weighted by Gasteiger charge is 2.40. The Labute approximate surface area is 147 Å². The Bertz CT molecular complexity index is 743. The van der Waals surface area contributed by atoms with Gasteiger partial charge in [0, 0.05) is 25.4 Å². The molecule has 1 fully saturated rings. The number of carbonyl (C=O) groups excluding carboxylic acids is 1. The minimum atomic E-state index is -0.843. The van der Waals surface area contributed by atoms with E-state index in [1.807, 2.05) is 43.3 Å². The summed E-state index contributed by atoms with van der Waals surface area (Å²) in [5.41, 5.74) is 3.03. The first-order chi connectivity index (χ1) is 12.1. The van der Waals surface area contributed by atoms with Crippen LogP contribution in [0.15, 0.2) is 48.8 Å². The number of hydrogen-bond donors (Lipinski definition) is 1. The summed E-state index contributed by atoms with van der Waals surface area (Å²) in [5.74, 6) is -1.40. The third kappa shape index (κ3) is 3.87. The molecule has 0 radical (unpaired) electrons. The molecule has 5 nitrogen and oxygen atoms in total. The number of likely N-dealkylation sites (tertiary alicyclic amines) is 1. The zero-order chi connectivity index (χ0) is 17.8. The van der Waals surface area contributed by atoms with Crippen LogP contribution in [-0.4, -0.2) is 33.4 Å². The number of carboxylic acid groups (broad SMARTS) is 1. The SMILES string of the molecule is Cc1ccc([C@H]2[C@@H](C(=O)O)CCC(=O)N2CCc2cccnc2)cc1. The molecule has 1 aliphatic heterocycles. The van der Waals surface area contributed by atoms with Gasteiger partial charge in [-0.15, -0.1) is 0 Å². The Balaban J connectivity index is 1.88. The molecule has 0 spiro atoms. The molecule has 3 rings (SSSR count). The number of aromatic nitrogens is 1. The number of rotatable bonds is 5. The predicted molar refractivity (Wildman–Crippen MR) is 93.9 cm³/mol. The average molecular weight is 338 g/mol. The molecular formula is C20H22N2O3. The Morgan fingerprint density at radius 3 is 2.68 bits per heavy atom. The normalized spacial score (nSPS) is 20.5. The van der Waals surface area contributed by atoms with E-state index in [1.54, 1.807) is 17.3 Å². The molecule has 2 atom stereocenters. The molecule has 1 amide bonds. The lowest BCUT2D eigenvalue weighted by molar-refractivity contribution is -0.152. The van der Waals surface area contributed by atoms with Crippen molar-refractivity contribution in [2.45, 2.75) is 32.2 Å². The van der Waals surface area contributed by atoms with Crippen molar-refractivity contribution in [3.05, 3.63) is 65.5 Å². The van der Waals surface area contributed by atoms with Crippen LogP contribution in [0.4, 0.5) is 0 Å². The number of piperidine rings is 1. The zero-order valence-electron chi connectivity index (χ0n) is 14.3. The molecule has 25 heavy (non-hydrogen) atoms. The number of amides is 1. The zero-order valence-corrected chi connectivity index (χ0v) is 14.3. The molecule has 2 heterocycles. The number of aryl methyl sites for hydroxylation is 1. The van der Waals surface area contributed by atoms with Gasteiger partial charge < -0.3 is 10.0 Å². The van der Waals surface area contributed by atoms with Crippen molar-refractivity contribution in [2.24, 2.45) is 5.92 Å². The molecule has 1 saturated heterocycles. The molecular weight excluding hydrogens is 316 g/mol. The fourth-order valence-electron chi connectivity index (χ4n) is 3.45. The van der Waals surface area contributed by atoms with Crippen LogP contribution in [0.1, 0.15) is 35.6 Å². The van der Waals surface area contributed by atoms with Gasteiger partial charge in [-0.3, -0.25) is 14.6 Å². The first-order valence-electron chi connectivity index (χ1n) is 8.54. The molecule has 1 aromatic heterocycles. The van der Waals surface area contributed by atoms with Crippen LogP contribution in [0.25, 0.3) is 0 Å². The van der Waals surface area contributed by atoms with E-state index in [0.29, 0.717) is 19.4 Å². The number of hydrogen-bond acceptors (Lipinski definition) is 3. The standard InChI is InChI=1S/C20H22N2O3/c1-14-4-6-16(7-5-14)19-17(20(24)25)8-9-18(23)22(19)12-10-15-3-2-11-21-13-15/h2-7,11,13,17,19H,8-10,12H2,1H3,(H,24,25)/t17-,19-/m0/s1. The van der Waals surface area contributed by atoms with E-state index in [4.69, 9.17) is 0 Å². The summed E-state index contributed by atoms with van der Waals surface area (Å²) in [4.78, 5) is 30.2. The van der Waals surface area contributed by atoms with Crippen LogP contribution >= 0.6 is 0 Å². The van der Waals surface area contributed by atoms with Crippen LogP contribution in [0.2, 0.25) is 0 Å². The smallest absolute Gasteiger partial charge is 0.308 e. The number of carboxylic acids is 1. The molecule has 1 aromatic carbocycles. The van der Waals surface area contributed by atoms with Gasteiger partial charge in [0.1, 0.15) is 0 Å². The lowest BCUT2D eigenvalue weighted by Crippen LogP contribution is -2.46. The minimum Gasteiger partial charge on any atom is -0.481 e. The Morgan fingerprint density at radius 1 is 1.28 bits per heavy atom. The maximum atomic E-state index is 12.6. The molecule has 5 heteroatoms. The molecule has 0 unspecified atom stereocenters. The van der Waals surface area contributed by atoms with Crippen LogP contribution in [0.5, 0.6) is 0 Å². The van der Waals surface area contributed by atoms with E-state index in [9.17, 15) is 14.7 Å². The largest absolute Gasteiger partial charge is 0.481 e. The Hall–Kier alpha value is -2.69. The maximum Gasteiger partial charge on any atom is 0.308 e. The van der Waals surface area contributed by atoms with Crippen LogP contribution in [0.3, 0.4) is 0 Å². The van der Waals surface area contributed by atoms with Gasteiger partial charge in [0.2, 0.25) is 5.91 Å². The van der Waals surface area contributed by atoms with Crippen LogP contribution in [0, 0.1) is 12.8 Å². The van der Waals surface area contributed by atoms with E-state index in [2.05, 4.69) is 4.98 Å². The Morgan fingerprint density at radius 2 is 2.04 bits per heavy atom. The Kier molecular flexibility index (Phi) is 5.12. The lowest BCUT2D eigenvalue weighted by Gasteiger charge is -2.40. The first kappa shape index (κ1) is 17.1. The second kappa shape index (κ2) is 7.47. The van der Waals surface area contributed by atoms with Crippen molar-refractivity contribution >= 4 is 11.9 Å².